The lowest BCUT2D eigenvalue weighted by Gasteiger charge is -2.09. The zero-order valence-electron chi connectivity index (χ0n) is 14.5. The Bertz CT molecular complexity index is 805. The highest BCUT2D eigenvalue weighted by Crippen LogP contribution is 2.19. The number of carbonyl (C=O) groups excluding carboxylic acids is 3. The molecule has 26 heavy (non-hydrogen) atoms. The molecule has 3 amide bonds. The van der Waals surface area contributed by atoms with Crippen LogP contribution in [0.4, 0.5) is 5.69 Å². The number of amides is 3. The van der Waals surface area contributed by atoms with E-state index in [1.165, 1.54) is 6.07 Å². The van der Waals surface area contributed by atoms with Crippen molar-refractivity contribution in [1.29, 1.82) is 0 Å². The first-order valence-electron chi connectivity index (χ1n) is 8.08. The maximum Gasteiger partial charge on any atom is 0.251 e. The van der Waals surface area contributed by atoms with E-state index in [1.807, 2.05) is 24.3 Å². The summed E-state index contributed by atoms with van der Waals surface area (Å²) in [6.07, 6.45) is 0.813. The minimum atomic E-state index is -0.626. The van der Waals surface area contributed by atoms with Crippen LogP contribution in [0.2, 0.25) is 0 Å². The molecule has 4 N–H and O–H groups in total. The summed E-state index contributed by atoms with van der Waals surface area (Å²) in [5.41, 5.74) is 6.78. The summed E-state index contributed by atoms with van der Waals surface area (Å²) in [5, 5.41) is 5.16. The molecule has 2 aromatic rings. The van der Waals surface area contributed by atoms with Gasteiger partial charge in [0.2, 0.25) is 11.8 Å². The second-order valence-corrected chi connectivity index (χ2v) is 5.59. The first-order valence-corrected chi connectivity index (χ1v) is 8.08. The van der Waals surface area contributed by atoms with E-state index in [2.05, 4.69) is 10.6 Å². The van der Waals surface area contributed by atoms with Crippen LogP contribution in [0.15, 0.2) is 48.5 Å². The Morgan fingerprint density at radius 1 is 1.08 bits per heavy atom. The van der Waals surface area contributed by atoms with Gasteiger partial charge in [-0.25, -0.2) is 0 Å². The molecule has 0 unspecified atom stereocenters. The van der Waals surface area contributed by atoms with Crippen molar-refractivity contribution in [3.8, 4) is 5.75 Å². The number of ether oxygens (including phenoxy) is 1. The third kappa shape index (κ3) is 5.62. The van der Waals surface area contributed by atoms with Crippen molar-refractivity contribution in [3.63, 3.8) is 0 Å². The number of para-hydroxylation sites is 1. The van der Waals surface area contributed by atoms with Crippen molar-refractivity contribution < 1.29 is 19.1 Å². The zero-order valence-corrected chi connectivity index (χ0v) is 14.5. The summed E-state index contributed by atoms with van der Waals surface area (Å²) in [6, 6.07) is 14.0. The fourth-order valence-electron chi connectivity index (χ4n) is 2.39. The van der Waals surface area contributed by atoms with Crippen molar-refractivity contribution in [2.75, 3.05) is 19.0 Å². The maximum absolute atomic E-state index is 12.2. The molecule has 0 atom stereocenters. The summed E-state index contributed by atoms with van der Waals surface area (Å²) in [5.74, 6) is -0.493. The predicted octanol–water partition coefficient (Wildman–Crippen LogP) is 1.48. The number of hydrogen-bond acceptors (Lipinski definition) is 4. The van der Waals surface area contributed by atoms with E-state index in [9.17, 15) is 14.4 Å². The molecule has 0 radical (unpaired) electrons. The molecule has 0 heterocycles. The molecule has 2 aromatic carbocycles. The van der Waals surface area contributed by atoms with E-state index in [0.717, 1.165) is 11.3 Å². The standard InChI is InChI=1S/C19H21N3O4/c1-26-16-8-3-2-5-13(16)9-10-18(24)22-15-7-4-6-14(11-15)19(25)21-12-17(20)23/h2-8,11H,9-10,12H2,1H3,(H2,20,23)(H,21,25)(H,22,24). The molecule has 7 heteroatoms. The number of nitrogens with two attached hydrogens (primary N) is 1. The topological polar surface area (TPSA) is 111 Å². The number of benzene rings is 2. The minimum Gasteiger partial charge on any atom is -0.496 e. The van der Waals surface area contributed by atoms with E-state index in [4.69, 9.17) is 10.5 Å². The van der Waals surface area contributed by atoms with Gasteiger partial charge in [0.05, 0.1) is 13.7 Å². The molecule has 0 aliphatic heterocycles. The van der Waals surface area contributed by atoms with Gasteiger partial charge in [0.25, 0.3) is 5.91 Å². The van der Waals surface area contributed by atoms with Gasteiger partial charge in [0.15, 0.2) is 0 Å². The normalized spacial score (nSPS) is 10.0. The van der Waals surface area contributed by atoms with Gasteiger partial charge in [0, 0.05) is 17.7 Å². The molecule has 0 bridgehead atoms. The Kier molecular flexibility index (Phi) is 6.73. The van der Waals surface area contributed by atoms with Gasteiger partial charge in [-0.1, -0.05) is 24.3 Å². The van der Waals surface area contributed by atoms with Crippen LogP contribution < -0.4 is 21.1 Å². The quantitative estimate of drug-likeness (QED) is 0.666. The summed E-state index contributed by atoms with van der Waals surface area (Å²) < 4.78 is 5.27. The maximum atomic E-state index is 12.2. The lowest BCUT2D eigenvalue weighted by atomic mass is 10.1. The third-order valence-corrected chi connectivity index (χ3v) is 3.65. The molecule has 0 aliphatic carbocycles. The van der Waals surface area contributed by atoms with Gasteiger partial charge in [0.1, 0.15) is 5.75 Å². The molecule has 0 spiro atoms. The summed E-state index contributed by atoms with van der Waals surface area (Å²) in [6.45, 7) is -0.242. The van der Waals surface area contributed by atoms with Gasteiger partial charge in [-0.3, -0.25) is 14.4 Å². The summed E-state index contributed by atoms with van der Waals surface area (Å²) >= 11 is 0. The lowest BCUT2D eigenvalue weighted by Crippen LogP contribution is -2.33. The van der Waals surface area contributed by atoms with Crippen molar-refractivity contribution in [2.45, 2.75) is 12.8 Å². The molecule has 0 aromatic heterocycles. The number of rotatable bonds is 8. The van der Waals surface area contributed by atoms with Gasteiger partial charge in [-0.15, -0.1) is 0 Å². The molecule has 0 saturated heterocycles. The van der Waals surface area contributed by atoms with Crippen LogP contribution >= 0.6 is 0 Å². The van der Waals surface area contributed by atoms with Crippen LogP contribution in [-0.2, 0) is 16.0 Å². The van der Waals surface area contributed by atoms with Crippen LogP contribution in [-0.4, -0.2) is 31.4 Å². The third-order valence-electron chi connectivity index (χ3n) is 3.65. The average molecular weight is 355 g/mol. The van der Waals surface area contributed by atoms with Crippen molar-refractivity contribution in [3.05, 3.63) is 59.7 Å². The first-order chi connectivity index (χ1) is 12.5. The van der Waals surface area contributed by atoms with Gasteiger partial charge in [-0.05, 0) is 36.2 Å². The highest BCUT2D eigenvalue weighted by atomic mass is 16.5. The van der Waals surface area contributed by atoms with Gasteiger partial charge in [-0.2, -0.15) is 0 Å². The van der Waals surface area contributed by atoms with Crippen molar-refractivity contribution in [2.24, 2.45) is 5.73 Å². The van der Waals surface area contributed by atoms with Crippen LogP contribution in [0, 0.1) is 0 Å². The number of primary amides is 1. The van der Waals surface area contributed by atoms with Crippen molar-refractivity contribution >= 4 is 23.4 Å². The number of aryl methyl sites for hydroxylation is 1. The molecular weight excluding hydrogens is 334 g/mol. The fourth-order valence-corrected chi connectivity index (χ4v) is 2.39. The number of methoxy groups -OCH3 is 1. The second kappa shape index (κ2) is 9.22. The van der Waals surface area contributed by atoms with Gasteiger partial charge >= 0.3 is 0 Å². The Balaban J connectivity index is 1.93. The molecule has 2 rings (SSSR count). The number of hydrogen-bond donors (Lipinski definition) is 3. The summed E-state index contributed by atoms with van der Waals surface area (Å²) in [4.78, 5) is 34.8. The van der Waals surface area contributed by atoms with E-state index in [0.29, 0.717) is 17.7 Å². The highest BCUT2D eigenvalue weighted by Gasteiger charge is 2.10. The number of anilines is 1. The Morgan fingerprint density at radius 3 is 2.58 bits per heavy atom. The fraction of sp³-hybridized carbons (Fsp3) is 0.211. The van der Waals surface area contributed by atoms with E-state index >= 15 is 0 Å². The van der Waals surface area contributed by atoms with E-state index in [-0.39, 0.29) is 18.9 Å². The van der Waals surface area contributed by atoms with Crippen LogP contribution in [0.5, 0.6) is 5.75 Å². The second-order valence-electron chi connectivity index (χ2n) is 5.59. The minimum absolute atomic E-state index is 0.175. The van der Waals surface area contributed by atoms with Crippen LogP contribution in [0.1, 0.15) is 22.3 Å². The monoisotopic (exact) mass is 355 g/mol. The van der Waals surface area contributed by atoms with E-state index in [1.54, 1.807) is 25.3 Å². The number of nitrogens with one attached hydrogen (secondary N) is 2. The Morgan fingerprint density at radius 2 is 1.85 bits per heavy atom. The first kappa shape index (κ1) is 19.0. The predicted molar refractivity (Wildman–Crippen MR) is 97.9 cm³/mol. The molecule has 0 aliphatic rings. The molecule has 0 saturated carbocycles. The van der Waals surface area contributed by atoms with Crippen LogP contribution in [0.25, 0.3) is 0 Å². The Hall–Kier alpha value is -3.35. The SMILES string of the molecule is COc1ccccc1CCC(=O)Nc1cccc(C(=O)NCC(N)=O)c1. The molecule has 0 fully saturated rings. The smallest absolute Gasteiger partial charge is 0.251 e. The average Bonchev–Trinajstić information content (AvgIpc) is 2.64. The zero-order chi connectivity index (χ0) is 18.9. The van der Waals surface area contributed by atoms with Crippen molar-refractivity contribution in [1.82, 2.24) is 5.32 Å². The van der Waals surface area contributed by atoms with Gasteiger partial charge < -0.3 is 21.1 Å². The number of carbonyl (C=O) groups is 3. The highest BCUT2D eigenvalue weighted by molar-refractivity contribution is 5.98. The molecule has 7 nitrogen and oxygen atoms in total. The molecular formula is C19H21N3O4. The van der Waals surface area contributed by atoms with E-state index < -0.39 is 11.8 Å². The lowest BCUT2D eigenvalue weighted by molar-refractivity contribution is -0.117. The molecule has 136 valence electrons. The van der Waals surface area contributed by atoms with Crippen LogP contribution in [0.3, 0.4) is 0 Å². The Labute approximate surface area is 151 Å². The largest absolute Gasteiger partial charge is 0.496 e. The summed E-state index contributed by atoms with van der Waals surface area (Å²) in [7, 11) is 1.59.